The maximum atomic E-state index is 13.7. The number of hydrogen-bond acceptors (Lipinski definition) is 3. The van der Waals surface area contributed by atoms with Gasteiger partial charge in [0.15, 0.2) is 0 Å². The van der Waals surface area contributed by atoms with E-state index in [1.54, 1.807) is 0 Å². The van der Waals surface area contributed by atoms with E-state index in [4.69, 9.17) is 5.11 Å². The number of amides is 2. The zero-order chi connectivity index (χ0) is 15.4. The predicted octanol–water partition coefficient (Wildman–Crippen LogP) is 3.47. The Labute approximate surface area is 124 Å². The number of carboxylic acid groups (broad SMARTS) is 1. The number of carbonyl (C=O) groups is 2. The van der Waals surface area contributed by atoms with Gasteiger partial charge >= 0.3 is 12.0 Å². The summed E-state index contributed by atoms with van der Waals surface area (Å²) in [5.41, 5.74) is -0.249. The number of rotatable bonds is 4. The molecule has 0 aliphatic heterocycles. The molecular formula is C14H13FN2O3S. The van der Waals surface area contributed by atoms with E-state index in [-0.39, 0.29) is 17.3 Å². The molecule has 1 heterocycles. The first kappa shape index (κ1) is 15.0. The van der Waals surface area contributed by atoms with Crippen molar-refractivity contribution in [2.45, 2.75) is 13.0 Å². The summed E-state index contributed by atoms with van der Waals surface area (Å²) >= 11 is 1.51. The summed E-state index contributed by atoms with van der Waals surface area (Å²) in [4.78, 5) is 23.5. The first-order chi connectivity index (χ1) is 9.97. The Morgan fingerprint density at radius 1 is 1.33 bits per heavy atom. The molecule has 0 spiro atoms. The highest BCUT2D eigenvalue weighted by Gasteiger charge is 2.13. The Morgan fingerprint density at radius 2 is 2.10 bits per heavy atom. The zero-order valence-corrected chi connectivity index (χ0v) is 11.9. The van der Waals surface area contributed by atoms with Crippen LogP contribution in [0.2, 0.25) is 0 Å². The lowest BCUT2D eigenvalue weighted by Gasteiger charge is -2.13. The maximum Gasteiger partial charge on any atom is 0.335 e. The van der Waals surface area contributed by atoms with Gasteiger partial charge in [-0.3, -0.25) is 0 Å². The number of halogens is 1. The topological polar surface area (TPSA) is 78.4 Å². The Balaban J connectivity index is 2.01. The van der Waals surface area contributed by atoms with Gasteiger partial charge in [0.25, 0.3) is 0 Å². The lowest BCUT2D eigenvalue weighted by molar-refractivity contribution is 0.0696. The summed E-state index contributed by atoms with van der Waals surface area (Å²) < 4.78 is 13.7. The zero-order valence-electron chi connectivity index (χ0n) is 11.1. The molecule has 0 bridgehead atoms. The molecule has 21 heavy (non-hydrogen) atoms. The summed E-state index contributed by atoms with van der Waals surface area (Å²) in [6.45, 7) is 1.81. The number of aromatic carboxylic acids is 1. The normalized spacial score (nSPS) is 11.7. The smallest absolute Gasteiger partial charge is 0.335 e. The van der Waals surface area contributed by atoms with Gasteiger partial charge in [-0.05, 0) is 36.6 Å². The number of hydrogen-bond donors (Lipinski definition) is 3. The monoisotopic (exact) mass is 308 g/mol. The summed E-state index contributed by atoms with van der Waals surface area (Å²) in [6.07, 6.45) is 0. The molecule has 3 N–H and O–H groups in total. The van der Waals surface area contributed by atoms with Crippen molar-refractivity contribution in [2.75, 3.05) is 5.32 Å². The molecule has 0 fully saturated rings. The number of carboxylic acids is 1. The van der Waals surface area contributed by atoms with Crippen LogP contribution < -0.4 is 10.6 Å². The van der Waals surface area contributed by atoms with E-state index in [2.05, 4.69) is 10.6 Å². The predicted molar refractivity (Wildman–Crippen MR) is 78.2 cm³/mol. The Bertz CT molecular complexity index is 658. The number of benzene rings is 1. The molecular weight excluding hydrogens is 295 g/mol. The van der Waals surface area contributed by atoms with Crippen LogP contribution in [-0.4, -0.2) is 17.1 Å². The van der Waals surface area contributed by atoms with E-state index in [1.807, 2.05) is 24.4 Å². The van der Waals surface area contributed by atoms with Crippen LogP contribution in [0.3, 0.4) is 0 Å². The Kier molecular flexibility index (Phi) is 4.54. The van der Waals surface area contributed by atoms with Crippen molar-refractivity contribution in [1.82, 2.24) is 5.32 Å². The van der Waals surface area contributed by atoms with E-state index in [1.165, 1.54) is 23.5 Å². The van der Waals surface area contributed by atoms with Crippen molar-refractivity contribution in [3.05, 3.63) is 52.0 Å². The van der Waals surface area contributed by atoms with Gasteiger partial charge in [0, 0.05) is 4.88 Å². The van der Waals surface area contributed by atoms with Gasteiger partial charge in [0.2, 0.25) is 0 Å². The third-order valence-electron chi connectivity index (χ3n) is 2.78. The fraction of sp³-hybridized carbons (Fsp3) is 0.143. The Morgan fingerprint density at radius 3 is 2.67 bits per heavy atom. The maximum absolute atomic E-state index is 13.7. The number of anilines is 1. The molecule has 7 heteroatoms. The van der Waals surface area contributed by atoms with Gasteiger partial charge in [0.1, 0.15) is 5.82 Å². The van der Waals surface area contributed by atoms with Crippen molar-refractivity contribution >= 4 is 29.0 Å². The lowest BCUT2D eigenvalue weighted by Crippen LogP contribution is -2.31. The minimum atomic E-state index is -1.23. The molecule has 0 aliphatic carbocycles. The highest BCUT2D eigenvalue weighted by Crippen LogP contribution is 2.19. The molecule has 0 radical (unpaired) electrons. The molecule has 110 valence electrons. The molecule has 2 rings (SSSR count). The van der Waals surface area contributed by atoms with Crippen LogP contribution in [0.4, 0.5) is 14.9 Å². The van der Waals surface area contributed by atoms with Crippen LogP contribution in [0, 0.1) is 5.82 Å². The van der Waals surface area contributed by atoms with Gasteiger partial charge in [0.05, 0.1) is 17.3 Å². The van der Waals surface area contributed by atoms with Crippen molar-refractivity contribution in [2.24, 2.45) is 0 Å². The molecule has 1 aromatic heterocycles. The second-order valence-corrected chi connectivity index (χ2v) is 5.31. The van der Waals surface area contributed by atoms with Crippen molar-refractivity contribution in [3.8, 4) is 0 Å². The molecule has 0 saturated heterocycles. The molecule has 0 saturated carbocycles. The minimum absolute atomic E-state index is 0.0733. The van der Waals surface area contributed by atoms with Gasteiger partial charge < -0.3 is 15.7 Å². The summed E-state index contributed by atoms with van der Waals surface area (Å²) in [6, 6.07) is 6.31. The van der Waals surface area contributed by atoms with E-state index in [0.717, 1.165) is 10.9 Å². The number of thiophene rings is 1. The van der Waals surface area contributed by atoms with Crippen LogP contribution in [0.15, 0.2) is 35.7 Å². The molecule has 1 unspecified atom stereocenters. The SMILES string of the molecule is CC(NC(=O)Nc1ccc(C(=O)O)cc1F)c1cccs1. The Hall–Kier alpha value is -2.41. The largest absolute Gasteiger partial charge is 0.478 e. The quantitative estimate of drug-likeness (QED) is 0.809. The van der Waals surface area contributed by atoms with E-state index in [9.17, 15) is 14.0 Å². The third kappa shape index (κ3) is 3.79. The summed E-state index contributed by atoms with van der Waals surface area (Å²) in [5.74, 6) is -2.02. The van der Waals surface area contributed by atoms with Gasteiger partial charge in [-0.25, -0.2) is 14.0 Å². The average Bonchev–Trinajstić information content (AvgIpc) is 2.94. The van der Waals surface area contributed by atoms with Crippen LogP contribution in [0.5, 0.6) is 0 Å². The van der Waals surface area contributed by atoms with Crippen LogP contribution in [0.1, 0.15) is 28.2 Å². The average molecular weight is 308 g/mol. The molecule has 1 atom stereocenters. The highest BCUT2D eigenvalue weighted by atomic mass is 32.1. The summed E-state index contributed by atoms with van der Waals surface area (Å²) in [7, 11) is 0. The van der Waals surface area contributed by atoms with Crippen LogP contribution >= 0.6 is 11.3 Å². The number of carbonyl (C=O) groups excluding carboxylic acids is 1. The van der Waals surface area contributed by atoms with Crippen LogP contribution in [0.25, 0.3) is 0 Å². The molecule has 5 nitrogen and oxygen atoms in total. The van der Waals surface area contributed by atoms with E-state index < -0.39 is 17.8 Å². The van der Waals surface area contributed by atoms with Gasteiger partial charge in [-0.15, -0.1) is 11.3 Å². The highest BCUT2D eigenvalue weighted by molar-refractivity contribution is 7.10. The molecule has 2 aromatic rings. The summed E-state index contributed by atoms with van der Waals surface area (Å²) in [5, 5.41) is 15.7. The number of urea groups is 1. The fourth-order valence-corrected chi connectivity index (χ4v) is 2.45. The third-order valence-corrected chi connectivity index (χ3v) is 3.84. The molecule has 1 aromatic carbocycles. The second kappa shape index (κ2) is 6.36. The first-order valence-corrected chi connectivity index (χ1v) is 6.99. The molecule has 2 amide bonds. The first-order valence-electron chi connectivity index (χ1n) is 6.11. The van der Waals surface area contributed by atoms with Crippen molar-refractivity contribution in [3.63, 3.8) is 0 Å². The second-order valence-electron chi connectivity index (χ2n) is 4.34. The standard InChI is InChI=1S/C14H13FN2O3S/c1-8(12-3-2-6-21-12)16-14(20)17-11-5-4-9(13(18)19)7-10(11)15/h2-8H,1H3,(H,18,19)(H2,16,17,20). The molecule has 0 aliphatic rings. The lowest BCUT2D eigenvalue weighted by atomic mass is 10.2. The minimum Gasteiger partial charge on any atom is -0.478 e. The van der Waals surface area contributed by atoms with E-state index in [0.29, 0.717) is 0 Å². The van der Waals surface area contributed by atoms with E-state index >= 15 is 0 Å². The van der Waals surface area contributed by atoms with Gasteiger partial charge in [-0.1, -0.05) is 6.07 Å². The van der Waals surface area contributed by atoms with Crippen LogP contribution in [-0.2, 0) is 0 Å². The fourth-order valence-electron chi connectivity index (χ4n) is 1.71. The van der Waals surface area contributed by atoms with Gasteiger partial charge in [-0.2, -0.15) is 0 Å². The van der Waals surface area contributed by atoms with Crippen molar-refractivity contribution < 1.29 is 19.1 Å². The van der Waals surface area contributed by atoms with Crippen molar-refractivity contribution in [1.29, 1.82) is 0 Å². The number of nitrogens with one attached hydrogen (secondary N) is 2.